The molecular formula is C11H22N2O3. The van der Waals surface area contributed by atoms with Crippen LogP contribution in [0.15, 0.2) is 0 Å². The average Bonchev–Trinajstić information content (AvgIpc) is 2.15. The first-order valence-electron chi connectivity index (χ1n) is 5.50. The maximum absolute atomic E-state index is 11.1. The van der Waals surface area contributed by atoms with Crippen LogP contribution in [0.1, 0.15) is 33.1 Å². The van der Waals surface area contributed by atoms with Crippen LogP contribution in [0.5, 0.6) is 0 Å². The van der Waals surface area contributed by atoms with Crippen LogP contribution in [-0.2, 0) is 9.59 Å². The summed E-state index contributed by atoms with van der Waals surface area (Å²) in [5.74, 6) is -0.802. The summed E-state index contributed by atoms with van der Waals surface area (Å²) in [5, 5.41) is 14.1. The van der Waals surface area contributed by atoms with Gasteiger partial charge >= 0.3 is 5.97 Å². The number of carboxylic acid groups (broad SMARTS) is 1. The van der Waals surface area contributed by atoms with Gasteiger partial charge in [-0.05, 0) is 25.3 Å². The molecular weight excluding hydrogens is 208 g/mol. The number of amides is 1. The molecule has 0 aromatic carbocycles. The number of rotatable bonds is 8. The van der Waals surface area contributed by atoms with E-state index in [2.05, 4.69) is 10.6 Å². The van der Waals surface area contributed by atoms with Crippen molar-refractivity contribution in [2.45, 2.75) is 33.1 Å². The zero-order chi connectivity index (χ0) is 12.6. The van der Waals surface area contributed by atoms with Gasteiger partial charge in [0.25, 0.3) is 0 Å². The Morgan fingerprint density at radius 3 is 2.38 bits per heavy atom. The smallest absolute Gasteiger partial charge is 0.303 e. The molecule has 0 fully saturated rings. The van der Waals surface area contributed by atoms with Gasteiger partial charge in [-0.1, -0.05) is 13.8 Å². The first-order chi connectivity index (χ1) is 7.37. The normalized spacial score (nSPS) is 11.2. The van der Waals surface area contributed by atoms with Gasteiger partial charge in [0.05, 0.1) is 6.54 Å². The fourth-order valence-electron chi connectivity index (χ4n) is 1.33. The molecule has 16 heavy (non-hydrogen) atoms. The molecule has 0 aromatic rings. The van der Waals surface area contributed by atoms with E-state index in [9.17, 15) is 9.59 Å². The molecule has 0 radical (unpaired) electrons. The summed E-state index contributed by atoms with van der Waals surface area (Å²) in [6, 6.07) is 0. The predicted molar refractivity (Wildman–Crippen MR) is 62.2 cm³/mol. The van der Waals surface area contributed by atoms with Crippen LogP contribution in [-0.4, -0.2) is 37.1 Å². The van der Waals surface area contributed by atoms with Crippen molar-refractivity contribution in [3.8, 4) is 0 Å². The topological polar surface area (TPSA) is 78.4 Å². The Labute approximate surface area is 96.6 Å². The van der Waals surface area contributed by atoms with Gasteiger partial charge in [0, 0.05) is 13.0 Å². The summed E-state index contributed by atoms with van der Waals surface area (Å²) in [6.07, 6.45) is 1.59. The number of carboxylic acids is 1. The Morgan fingerprint density at radius 1 is 1.25 bits per heavy atom. The van der Waals surface area contributed by atoms with Gasteiger partial charge in [0.2, 0.25) is 5.91 Å². The Bertz CT molecular complexity index is 239. The molecule has 0 aliphatic carbocycles. The van der Waals surface area contributed by atoms with Crippen molar-refractivity contribution in [1.29, 1.82) is 0 Å². The maximum Gasteiger partial charge on any atom is 0.303 e. The van der Waals surface area contributed by atoms with Gasteiger partial charge in [-0.25, -0.2) is 0 Å². The van der Waals surface area contributed by atoms with E-state index in [-0.39, 0.29) is 17.7 Å². The molecule has 0 aliphatic heterocycles. The lowest BCUT2D eigenvalue weighted by Gasteiger charge is -2.23. The minimum Gasteiger partial charge on any atom is -0.481 e. The predicted octanol–water partition coefficient (Wildman–Crippen LogP) is 0.603. The molecule has 0 atom stereocenters. The number of carbonyl (C=O) groups excluding carboxylic acids is 1. The first kappa shape index (κ1) is 14.9. The highest BCUT2D eigenvalue weighted by Gasteiger charge is 2.18. The van der Waals surface area contributed by atoms with Crippen LogP contribution in [0.4, 0.5) is 0 Å². The standard InChI is InChI=1S/C11H22N2O3/c1-11(2,5-4-10(15)16)6-7-13-9(14)8-12-3/h12H,4-8H2,1-3H3,(H,13,14)(H,15,16). The van der Waals surface area contributed by atoms with Crippen LogP contribution in [0, 0.1) is 5.41 Å². The summed E-state index contributed by atoms with van der Waals surface area (Å²) >= 11 is 0. The molecule has 5 nitrogen and oxygen atoms in total. The second-order valence-electron chi connectivity index (χ2n) is 4.69. The second kappa shape index (κ2) is 7.22. The fourth-order valence-corrected chi connectivity index (χ4v) is 1.33. The molecule has 0 saturated heterocycles. The fraction of sp³-hybridized carbons (Fsp3) is 0.818. The number of likely N-dealkylation sites (N-methyl/N-ethyl adjacent to an activating group) is 1. The minimum absolute atomic E-state index is 0.0310. The van der Waals surface area contributed by atoms with Crippen molar-refractivity contribution >= 4 is 11.9 Å². The van der Waals surface area contributed by atoms with Crippen molar-refractivity contribution < 1.29 is 14.7 Å². The third kappa shape index (κ3) is 8.23. The van der Waals surface area contributed by atoms with Crippen LogP contribution < -0.4 is 10.6 Å². The number of hydrogen-bond acceptors (Lipinski definition) is 3. The van der Waals surface area contributed by atoms with Crippen LogP contribution in [0.2, 0.25) is 0 Å². The summed E-state index contributed by atoms with van der Waals surface area (Å²) in [5.41, 5.74) is -0.0503. The highest BCUT2D eigenvalue weighted by molar-refractivity contribution is 5.77. The SMILES string of the molecule is CNCC(=O)NCCC(C)(C)CCC(=O)O. The minimum atomic E-state index is -0.771. The van der Waals surface area contributed by atoms with Gasteiger partial charge in [-0.2, -0.15) is 0 Å². The van der Waals surface area contributed by atoms with E-state index in [1.165, 1.54) is 0 Å². The molecule has 1 amide bonds. The number of nitrogens with one attached hydrogen (secondary N) is 2. The maximum atomic E-state index is 11.1. The Morgan fingerprint density at radius 2 is 1.88 bits per heavy atom. The Balaban J connectivity index is 3.72. The van der Waals surface area contributed by atoms with Crippen LogP contribution in [0.3, 0.4) is 0 Å². The van der Waals surface area contributed by atoms with E-state index in [1.54, 1.807) is 7.05 Å². The largest absolute Gasteiger partial charge is 0.481 e. The molecule has 0 rings (SSSR count). The van der Waals surface area contributed by atoms with E-state index in [0.29, 0.717) is 19.5 Å². The molecule has 0 aromatic heterocycles. The third-order valence-electron chi connectivity index (χ3n) is 2.48. The van der Waals surface area contributed by atoms with E-state index in [1.807, 2.05) is 13.8 Å². The van der Waals surface area contributed by atoms with E-state index in [0.717, 1.165) is 6.42 Å². The summed E-state index contributed by atoms with van der Waals surface area (Å²) in [7, 11) is 1.72. The van der Waals surface area contributed by atoms with Crippen molar-refractivity contribution in [2.75, 3.05) is 20.1 Å². The van der Waals surface area contributed by atoms with Crippen LogP contribution in [0.25, 0.3) is 0 Å². The third-order valence-corrected chi connectivity index (χ3v) is 2.48. The summed E-state index contributed by atoms with van der Waals surface area (Å²) in [6.45, 7) is 4.93. The van der Waals surface area contributed by atoms with Crippen molar-refractivity contribution in [2.24, 2.45) is 5.41 Å². The Hall–Kier alpha value is -1.10. The lowest BCUT2D eigenvalue weighted by Crippen LogP contribution is -2.34. The molecule has 0 bridgehead atoms. The summed E-state index contributed by atoms with van der Waals surface area (Å²) < 4.78 is 0. The first-order valence-corrected chi connectivity index (χ1v) is 5.50. The van der Waals surface area contributed by atoms with Gasteiger partial charge in [-0.3, -0.25) is 9.59 Å². The molecule has 0 spiro atoms. The molecule has 3 N–H and O–H groups in total. The Kier molecular flexibility index (Phi) is 6.72. The highest BCUT2D eigenvalue weighted by Crippen LogP contribution is 2.25. The summed E-state index contributed by atoms with van der Waals surface area (Å²) in [4.78, 5) is 21.6. The average molecular weight is 230 g/mol. The molecule has 0 unspecified atom stereocenters. The van der Waals surface area contributed by atoms with Crippen molar-refractivity contribution in [3.63, 3.8) is 0 Å². The zero-order valence-corrected chi connectivity index (χ0v) is 10.3. The van der Waals surface area contributed by atoms with Gasteiger partial charge in [0.15, 0.2) is 0 Å². The van der Waals surface area contributed by atoms with Gasteiger partial charge in [0.1, 0.15) is 0 Å². The lowest BCUT2D eigenvalue weighted by atomic mass is 9.84. The number of hydrogen-bond donors (Lipinski definition) is 3. The lowest BCUT2D eigenvalue weighted by molar-refractivity contribution is -0.137. The van der Waals surface area contributed by atoms with E-state index < -0.39 is 5.97 Å². The highest BCUT2D eigenvalue weighted by atomic mass is 16.4. The molecule has 0 aliphatic rings. The van der Waals surface area contributed by atoms with Gasteiger partial charge < -0.3 is 15.7 Å². The zero-order valence-electron chi connectivity index (χ0n) is 10.3. The van der Waals surface area contributed by atoms with Gasteiger partial charge in [-0.15, -0.1) is 0 Å². The number of carbonyl (C=O) groups is 2. The monoisotopic (exact) mass is 230 g/mol. The van der Waals surface area contributed by atoms with Crippen molar-refractivity contribution in [1.82, 2.24) is 10.6 Å². The van der Waals surface area contributed by atoms with E-state index >= 15 is 0 Å². The molecule has 5 heteroatoms. The molecule has 94 valence electrons. The molecule has 0 heterocycles. The molecule has 0 saturated carbocycles. The van der Waals surface area contributed by atoms with Crippen molar-refractivity contribution in [3.05, 3.63) is 0 Å². The number of aliphatic carboxylic acids is 1. The van der Waals surface area contributed by atoms with Crippen LogP contribution >= 0.6 is 0 Å². The van der Waals surface area contributed by atoms with E-state index in [4.69, 9.17) is 5.11 Å². The quantitative estimate of drug-likeness (QED) is 0.570. The second-order valence-corrected chi connectivity index (χ2v) is 4.69.